The third-order valence-corrected chi connectivity index (χ3v) is 3.10. The maximum atomic E-state index is 4.41. The number of nitrogens with one attached hydrogen (secondary N) is 1. The first-order chi connectivity index (χ1) is 6.75. The summed E-state index contributed by atoms with van der Waals surface area (Å²) in [6.07, 6.45) is 2.00. The lowest BCUT2D eigenvalue weighted by Gasteiger charge is -2.26. The minimum absolute atomic E-state index is 0.948. The fourth-order valence-corrected chi connectivity index (χ4v) is 2.19. The van der Waals surface area contributed by atoms with E-state index in [9.17, 15) is 0 Å². The van der Waals surface area contributed by atoms with Gasteiger partial charge in [0.05, 0.1) is 10.2 Å². The maximum absolute atomic E-state index is 4.41. The average molecular weight is 259 g/mol. The van der Waals surface area contributed by atoms with Crippen LogP contribution in [0.5, 0.6) is 0 Å². The van der Waals surface area contributed by atoms with E-state index in [1.807, 2.05) is 17.9 Å². The van der Waals surface area contributed by atoms with Gasteiger partial charge < -0.3 is 5.32 Å². The summed E-state index contributed by atoms with van der Waals surface area (Å²) >= 11 is 3.52. The summed E-state index contributed by atoms with van der Waals surface area (Å²) < 4.78 is 2.96. The van der Waals surface area contributed by atoms with Gasteiger partial charge in [0.25, 0.3) is 0 Å². The molecule has 0 unspecified atom stereocenters. The van der Waals surface area contributed by atoms with Crippen molar-refractivity contribution < 1.29 is 0 Å². The molecule has 0 amide bonds. The predicted molar refractivity (Wildman–Crippen MR) is 59.1 cm³/mol. The second kappa shape index (κ2) is 4.42. The lowest BCUT2D eigenvalue weighted by Crippen LogP contribution is -2.43. The van der Waals surface area contributed by atoms with Crippen molar-refractivity contribution >= 4 is 15.9 Å². The normalized spacial score (nSPS) is 18.7. The molecular formula is C9H15BrN4. The smallest absolute Gasteiger partial charge is 0.0906 e. The van der Waals surface area contributed by atoms with Crippen molar-refractivity contribution in [2.45, 2.75) is 6.54 Å². The van der Waals surface area contributed by atoms with E-state index in [-0.39, 0.29) is 0 Å². The zero-order valence-corrected chi connectivity index (χ0v) is 9.92. The Morgan fingerprint density at radius 1 is 1.50 bits per heavy atom. The van der Waals surface area contributed by atoms with Crippen molar-refractivity contribution in [2.24, 2.45) is 7.05 Å². The lowest BCUT2D eigenvalue weighted by atomic mass is 10.3. The predicted octanol–water partition coefficient (Wildman–Crippen LogP) is 0.588. The third-order valence-electron chi connectivity index (χ3n) is 2.44. The van der Waals surface area contributed by atoms with Gasteiger partial charge in [0.15, 0.2) is 0 Å². The van der Waals surface area contributed by atoms with Crippen molar-refractivity contribution in [3.05, 3.63) is 16.4 Å². The van der Waals surface area contributed by atoms with Gasteiger partial charge in [0, 0.05) is 46.0 Å². The van der Waals surface area contributed by atoms with Crippen LogP contribution in [0.2, 0.25) is 0 Å². The van der Waals surface area contributed by atoms with Crippen LogP contribution in [-0.4, -0.2) is 40.9 Å². The Bertz CT molecular complexity index is 304. The van der Waals surface area contributed by atoms with Crippen LogP contribution >= 0.6 is 15.9 Å². The molecule has 1 aliphatic rings. The summed E-state index contributed by atoms with van der Waals surface area (Å²) in [6, 6.07) is 0. The van der Waals surface area contributed by atoms with Crippen LogP contribution in [0.15, 0.2) is 10.7 Å². The molecule has 1 fully saturated rings. The highest BCUT2D eigenvalue weighted by Crippen LogP contribution is 2.16. The summed E-state index contributed by atoms with van der Waals surface area (Å²) in [7, 11) is 1.95. The van der Waals surface area contributed by atoms with Crippen LogP contribution in [0, 0.1) is 0 Å². The van der Waals surface area contributed by atoms with Crippen molar-refractivity contribution in [3.63, 3.8) is 0 Å². The van der Waals surface area contributed by atoms with E-state index >= 15 is 0 Å². The molecule has 5 heteroatoms. The largest absolute Gasteiger partial charge is 0.314 e. The Kier molecular flexibility index (Phi) is 3.20. The van der Waals surface area contributed by atoms with Gasteiger partial charge in [0.2, 0.25) is 0 Å². The van der Waals surface area contributed by atoms with E-state index in [0.717, 1.165) is 42.9 Å². The first kappa shape index (κ1) is 10.1. The molecule has 0 spiro atoms. The Morgan fingerprint density at radius 2 is 2.21 bits per heavy atom. The molecule has 1 aromatic heterocycles. The number of hydrogen-bond acceptors (Lipinski definition) is 3. The van der Waals surface area contributed by atoms with Crippen molar-refractivity contribution in [3.8, 4) is 0 Å². The number of rotatable bonds is 2. The minimum Gasteiger partial charge on any atom is -0.314 e. The molecule has 14 heavy (non-hydrogen) atoms. The van der Waals surface area contributed by atoms with Crippen LogP contribution in [0.4, 0.5) is 0 Å². The quantitative estimate of drug-likeness (QED) is 0.843. The van der Waals surface area contributed by atoms with E-state index in [1.54, 1.807) is 0 Å². The molecule has 0 aromatic carbocycles. The standard InChI is InChI=1S/C9H15BrN4/c1-13-6-8(10)9(12-13)7-14-4-2-11-3-5-14/h6,11H,2-5,7H2,1H3. The molecule has 0 atom stereocenters. The first-order valence-electron chi connectivity index (χ1n) is 4.87. The number of nitrogens with zero attached hydrogens (tertiary/aromatic N) is 3. The molecule has 4 nitrogen and oxygen atoms in total. The topological polar surface area (TPSA) is 33.1 Å². The Labute approximate surface area is 92.4 Å². The Morgan fingerprint density at radius 3 is 2.79 bits per heavy atom. The van der Waals surface area contributed by atoms with Gasteiger partial charge in [-0.15, -0.1) is 0 Å². The molecular weight excluding hydrogens is 244 g/mol. The maximum Gasteiger partial charge on any atom is 0.0906 e. The van der Waals surface area contributed by atoms with E-state index in [0.29, 0.717) is 0 Å². The Balaban J connectivity index is 1.98. The second-order valence-electron chi connectivity index (χ2n) is 3.62. The highest BCUT2D eigenvalue weighted by molar-refractivity contribution is 9.10. The zero-order chi connectivity index (χ0) is 9.97. The summed E-state index contributed by atoms with van der Waals surface area (Å²) in [5, 5.41) is 7.75. The summed E-state index contributed by atoms with van der Waals surface area (Å²) in [4.78, 5) is 2.42. The van der Waals surface area contributed by atoms with Gasteiger partial charge in [-0.2, -0.15) is 5.10 Å². The first-order valence-corrected chi connectivity index (χ1v) is 5.66. The van der Waals surface area contributed by atoms with Crippen molar-refractivity contribution in [2.75, 3.05) is 26.2 Å². The van der Waals surface area contributed by atoms with E-state index < -0.39 is 0 Å². The second-order valence-corrected chi connectivity index (χ2v) is 4.48. The number of hydrogen-bond donors (Lipinski definition) is 1. The number of piperazine rings is 1. The lowest BCUT2D eigenvalue weighted by molar-refractivity contribution is 0.230. The fourth-order valence-electron chi connectivity index (χ4n) is 1.69. The van der Waals surface area contributed by atoms with Crippen LogP contribution in [0.25, 0.3) is 0 Å². The van der Waals surface area contributed by atoms with Crippen LogP contribution in [0.3, 0.4) is 0 Å². The molecule has 0 saturated carbocycles. The monoisotopic (exact) mass is 258 g/mol. The number of aryl methyl sites for hydroxylation is 1. The molecule has 0 radical (unpaired) electrons. The van der Waals surface area contributed by atoms with Gasteiger partial charge >= 0.3 is 0 Å². The van der Waals surface area contributed by atoms with E-state index in [4.69, 9.17) is 0 Å². The molecule has 1 aromatic rings. The Hall–Kier alpha value is -0.390. The fraction of sp³-hybridized carbons (Fsp3) is 0.667. The van der Waals surface area contributed by atoms with Gasteiger partial charge in [0.1, 0.15) is 0 Å². The third kappa shape index (κ3) is 2.34. The molecule has 78 valence electrons. The summed E-state index contributed by atoms with van der Waals surface area (Å²) in [5.74, 6) is 0. The summed E-state index contributed by atoms with van der Waals surface area (Å²) in [6.45, 7) is 5.35. The van der Waals surface area contributed by atoms with Gasteiger partial charge in [-0.05, 0) is 15.9 Å². The zero-order valence-electron chi connectivity index (χ0n) is 8.33. The minimum atomic E-state index is 0.948. The van der Waals surface area contributed by atoms with Crippen LogP contribution in [0.1, 0.15) is 5.69 Å². The van der Waals surface area contributed by atoms with E-state index in [1.165, 1.54) is 0 Å². The molecule has 1 saturated heterocycles. The molecule has 0 aliphatic carbocycles. The van der Waals surface area contributed by atoms with Crippen molar-refractivity contribution in [1.82, 2.24) is 20.0 Å². The van der Waals surface area contributed by atoms with Gasteiger partial charge in [-0.3, -0.25) is 9.58 Å². The number of halogens is 1. The van der Waals surface area contributed by atoms with Gasteiger partial charge in [-0.1, -0.05) is 0 Å². The molecule has 1 aliphatic heterocycles. The van der Waals surface area contributed by atoms with Gasteiger partial charge in [-0.25, -0.2) is 0 Å². The highest BCUT2D eigenvalue weighted by atomic mass is 79.9. The average Bonchev–Trinajstić information content (AvgIpc) is 2.47. The van der Waals surface area contributed by atoms with E-state index in [2.05, 4.69) is 31.2 Å². The van der Waals surface area contributed by atoms with Crippen molar-refractivity contribution in [1.29, 1.82) is 0 Å². The highest BCUT2D eigenvalue weighted by Gasteiger charge is 2.13. The SMILES string of the molecule is Cn1cc(Br)c(CN2CCNCC2)n1. The molecule has 2 heterocycles. The molecule has 1 N–H and O–H groups in total. The molecule has 0 bridgehead atoms. The molecule has 2 rings (SSSR count). The van der Waals surface area contributed by atoms with Crippen LogP contribution in [-0.2, 0) is 13.6 Å². The number of aromatic nitrogens is 2. The summed E-state index contributed by atoms with van der Waals surface area (Å²) in [5.41, 5.74) is 1.13. The van der Waals surface area contributed by atoms with Crippen LogP contribution < -0.4 is 5.32 Å².